The van der Waals surface area contributed by atoms with Crippen LogP contribution in [0.15, 0.2) is 59.7 Å². The summed E-state index contributed by atoms with van der Waals surface area (Å²) >= 11 is 0. The molecule has 7 heteroatoms. The van der Waals surface area contributed by atoms with Gasteiger partial charge in [-0.3, -0.25) is 14.6 Å². The highest BCUT2D eigenvalue weighted by Gasteiger charge is 2.18. The highest BCUT2D eigenvalue weighted by atomic mass is 16.3. The monoisotopic (exact) mass is 430 g/mol. The van der Waals surface area contributed by atoms with Crippen LogP contribution in [0.4, 0.5) is 0 Å². The fourth-order valence-electron chi connectivity index (χ4n) is 3.55. The Bertz CT molecular complexity index is 1390. The summed E-state index contributed by atoms with van der Waals surface area (Å²) in [4.78, 5) is 35.9. The van der Waals surface area contributed by atoms with Crippen LogP contribution in [0, 0.1) is 0 Å². The molecule has 0 fully saturated rings. The molecule has 0 aliphatic carbocycles. The lowest BCUT2D eigenvalue weighted by Crippen LogP contribution is -2.32. The molecular formula is C25H26N4O3. The van der Waals surface area contributed by atoms with E-state index in [0.29, 0.717) is 40.6 Å². The maximum Gasteiger partial charge on any atom is 0.258 e. The summed E-state index contributed by atoms with van der Waals surface area (Å²) in [6, 6.07) is 12.8. The predicted molar refractivity (Wildman–Crippen MR) is 126 cm³/mol. The second-order valence-electron chi connectivity index (χ2n) is 8.78. The summed E-state index contributed by atoms with van der Waals surface area (Å²) in [6.45, 7) is 3.90. The van der Waals surface area contributed by atoms with Gasteiger partial charge in [0, 0.05) is 43.4 Å². The molecule has 2 aromatic heterocycles. The standard InChI is InChI=1S/C25H26N4O3/c1-25(2,32)10-12-29(4)23(30)18-6-8-20-21(14-18)27-22(15-26-20)17-5-7-19-16(13-17)9-11-28(3)24(19)31/h5-9,11,13-15,32H,10,12H2,1-4H3. The lowest BCUT2D eigenvalue weighted by atomic mass is 10.1. The van der Waals surface area contributed by atoms with Gasteiger partial charge in [0.25, 0.3) is 11.5 Å². The Morgan fingerprint density at radius 3 is 2.66 bits per heavy atom. The topological polar surface area (TPSA) is 88.3 Å². The smallest absolute Gasteiger partial charge is 0.258 e. The van der Waals surface area contributed by atoms with Gasteiger partial charge in [0.1, 0.15) is 0 Å². The van der Waals surface area contributed by atoms with Crippen molar-refractivity contribution in [2.75, 3.05) is 13.6 Å². The van der Waals surface area contributed by atoms with E-state index in [4.69, 9.17) is 4.98 Å². The van der Waals surface area contributed by atoms with E-state index in [-0.39, 0.29) is 11.5 Å². The zero-order valence-corrected chi connectivity index (χ0v) is 18.7. The maximum absolute atomic E-state index is 12.8. The Balaban J connectivity index is 1.67. The third-order valence-corrected chi connectivity index (χ3v) is 5.57. The fraction of sp³-hybridized carbons (Fsp3) is 0.280. The highest BCUT2D eigenvalue weighted by molar-refractivity contribution is 5.97. The first kappa shape index (κ1) is 21.6. The van der Waals surface area contributed by atoms with Gasteiger partial charge in [0.15, 0.2) is 0 Å². The number of fused-ring (bicyclic) bond motifs is 2. The van der Waals surface area contributed by atoms with E-state index in [1.165, 1.54) is 0 Å². The number of nitrogens with zero attached hydrogens (tertiary/aromatic N) is 4. The average molecular weight is 431 g/mol. The van der Waals surface area contributed by atoms with Crippen molar-refractivity contribution >= 4 is 27.7 Å². The molecular weight excluding hydrogens is 404 g/mol. The molecule has 0 saturated heterocycles. The summed E-state index contributed by atoms with van der Waals surface area (Å²) in [5.74, 6) is -0.134. The Morgan fingerprint density at radius 2 is 1.91 bits per heavy atom. The minimum atomic E-state index is -0.831. The number of hydrogen-bond donors (Lipinski definition) is 1. The molecule has 2 heterocycles. The molecule has 0 aliphatic heterocycles. The van der Waals surface area contributed by atoms with Crippen LogP contribution in [-0.2, 0) is 7.05 Å². The van der Waals surface area contributed by atoms with Crippen molar-refractivity contribution < 1.29 is 9.90 Å². The lowest BCUT2D eigenvalue weighted by molar-refractivity contribution is 0.0544. The normalized spacial score (nSPS) is 11.8. The minimum absolute atomic E-state index is 0.0458. The van der Waals surface area contributed by atoms with Gasteiger partial charge in [-0.15, -0.1) is 0 Å². The lowest BCUT2D eigenvalue weighted by Gasteiger charge is -2.23. The summed E-state index contributed by atoms with van der Waals surface area (Å²) in [7, 11) is 3.45. The number of rotatable bonds is 5. The minimum Gasteiger partial charge on any atom is -0.390 e. The van der Waals surface area contributed by atoms with Crippen molar-refractivity contribution in [3.8, 4) is 11.3 Å². The number of amides is 1. The molecule has 2 aromatic carbocycles. The van der Waals surface area contributed by atoms with Gasteiger partial charge >= 0.3 is 0 Å². The molecule has 0 spiro atoms. The SMILES string of the molecule is CN(CCC(C)(C)O)C(=O)c1ccc2ncc(-c3ccc4c(=O)n(C)ccc4c3)nc2c1. The van der Waals surface area contributed by atoms with Crippen LogP contribution in [0.1, 0.15) is 30.6 Å². The van der Waals surface area contributed by atoms with Crippen molar-refractivity contribution in [1.82, 2.24) is 19.4 Å². The molecule has 0 aliphatic rings. The number of carbonyl (C=O) groups excluding carboxylic acids is 1. The molecule has 0 saturated carbocycles. The molecule has 0 radical (unpaired) electrons. The van der Waals surface area contributed by atoms with E-state index < -0.39 is 5.60 Å². The molecule has 0 bridgehead atoms. The van der Waals surface area contributed by atoms with Crippen LogP contribution in [0.25, 0.3) is 33.1 Å². The van der Waals surface area contributed by atoms with Crippen LogP contribution < -0.4 is 5.56 Å². The van der Waals surface area contributed by atoms with E-state index in [9.17, 15) is 14.7 Å². The predicted octanol–water partition coefficient (Wildman–Crippen LogP) is 3.38. The summed E-state index contributed by atoms with van der Waals surface area (Å²) in [5.41, 5.74) is 2.47. The van der Waals surface area contributed by atoms with Gasteiger partial charge in [-0.25, -0.2) is 4.98 Å². The van der Waals surface area contributed by atoms with Crippen LogP contribution >= 0.6 is 0 Å². The number of carbonyl (C=O) groups is 1. The molecule has 1 N–H and O–H groups in total. The average Bonchev–Trinajstić information content (AvgIpc) is 2.78. The van der Waals surface area contributed by atoms with Crippen molar-refractivity contribution in [3.05, 3.63) is 70.8 Å². The Hall–Kier alpha value is -3.58. The van der Waals surface area contributed by atoms with Gasteiger partial charge in [0.05, 0.1) is 28.5 Å². The van der Waals surface area contributed by atoms with Crippen LogP contribution in [0.2, 0.25) is 0 Å². The Labute approximate surface area is 186 Å². The number of benzene rings is 2. The fourth-order valence-corrected chi connectivity index (χ4v) is 3.55. The second-order valence-corrected chi connectivity index (χ2v) is 8.78. The molecule has 0 unspecified atom stereocenters. The van der Waals surface area contributed by atoms with Gasteiger partial charge in [-0.2, -0.15) is 0 Å². The molecule has 0 atom stereocenters. The second kappa shape index (κ2) is 8.16. The highest BCUT2D eigenvalue weighted by Crippen LogP contribution is 2.23. The third kappa shape index (κ3) is 4.38. The summed E-state index contributed by atoms with van der Waals surface area (Å²) < 4.78 is 1.55. The molecule has 7 nitrogen and oxygen atoms in total. The number of aliphatic hydroxyl groups is 1. The number of hydrogen-bond acceptors (Lipinski definition) is 5. The van der Waals surface area contributed by atoms with E-state index in [0.717, 1.165) is 10.9 Å². The van der Waals surface area contributed by atoms with Crippen molar-refractivity contribution in [3.63, 3.8) is 0 Å². The molecule has 1 amide bonds. The number of aromatic nitrogens is 3. The van der Waals surface area contributed by atoms with Crippen LogP contribution in [0.3, 0.4) is 0 Å². The summed E-state index contributed by atoms with van der Waals surface area (Å²) in [6.07, 6.45) is 3.92. The quantitative estimate of drug-likeness (QED) is 0.524. The van der Waals surface area contributed by atoms with E-state index >= 15 is 0 Å². The van der Waals surface area contributed by atoms with Gasteiger partial charge < -0.3 is 14.6 Å². The molecule has 32 heavy (non-hydrogen) atoms. The van der Waals surface area contributed by atoms with Gasteiger partial charge in [-0.05, 0) is 62.1 Å². The third-order valence-electron chi connectivity index (χ3n) is 5.57. The Kier molecular flexibility index (Phi) is 5.52. The maximum atomic E-state index is 12.8. The zero-order valence-electron chi connectivity index (χ0n) is 18.7. The number of aryl methyl sites for hydroxylation is 1. The van der Waals surface area contributed by atoms with Crippen LogP contribution in [0.5, 0.6) is 0 Å². The Morgan fingerprint density at radius 1 is 1.12 bits per heavy atom. The van der Waals surface area contributed by atoms with Crippen LogP contribution in [-0.4, -0.2) is 49.6 Å². The van der Waals surface area contributed by atoms with E-state index in [1.54, 1.807) is 74.1 Å². The molecule has 4 aromatic rings. The van der Waals surface area contributed by atoms with Crippen molar-refractivity contribution in [2.45, 2.75) is 25.9 Å². The van der Waals surface area contributed by atoms with Gasteiger partial charge in [-0.1, -0.05) is 6.07 Å². The molecule has 4 rings (SSSR count). The van der Waals surface area contributed by atoms with Crippen molar-refractivity contribution in [1.29, 1.82) is 0 Å². The molecule has 164 valence electrons. The summed E-state index contributed by atoms with van der Waals surface area (Å²) in [5, 5.41) is 11.4. The zero-order chi connectivity index (χ0) is 23.0. The first-order valence-corrected chi connectivity index (χ1v) is 10.5. The van der Waals surface area contributed by atoms with Gasteiger partial charge in [0.2, 0.25) is 0 Å². The van der Waals surface area contributed by atoms with E-state index in [1.807, 2.05) is 18.2 Å². The number of pyridine rings is 1. The van der Waals surface area contributed by atoms with E-state index in [2.05, 4.69) is 4.98 Å². The first-order valence-electron chi connectivity index (χ1n) is 10.5. The largest absolute Gasteiger partial charge is 0.390 e. The van der Waals surface area contributed by atoms with Crippen molar-refractivity contribution in [2.24, 2.45) is 7.05 Å². The first-order chi connectivity index (χ1) is 15.1.